The standard InChI is InChI=1S/C18H24N2O5/c1-24-14-6-13(7-15(8-14)25-2)19-16(21)10-20-9-12-4-3-5-18(12,11-20)17(22)23/h6-8,12H,3-5,9-11H2,1-2H3,(H,19,21)(H,22,23)/t12-,18+/m0/s1. The van der Waals surface area contributed by atoms with Crippen LogP contribution in [0.5, 0.6) is 11.5 Å². The average Bonchev–Trinajstić information content (AvgIpc) is 3.12. The van der Waals surface area contributed by atoms with Crippen LogP contribution in [0.25, 0.3) is 0 Å². The number of benzene rings is 1. The molecule has 0 aromatic heterocycles. The molecule has 2 atom stereocenters. The number of anilines is 1. The minimum atomic E-state index is -0.726. The summed E-state index contributed by atoms with van der Waals surface area (Å²) in [5.74, 6) is 0.436. The summed E-state index contributed by atoms with van der Waals surface area (Å²) in [6, 6.07) is 5.17. The first kappa shape index (κ1) is 17.5. The summed E-state index contributed by atoms with van der Waals surface area (Å²) in [7, 11) is 3.10. The molecule has 0 spiro atoms. The van der Waals surface area contributed by atoms with E-state index in [4.69, 9.17) is 9.47 Å². The van der Waals surface area contributed by atoms with Crippen LogP contribution in [0.3, 0.4) is 0 Å². The number of nitrogens with one attached hydrogen (secondary N) is 1. The number of ether oxygens (including phenoxy) is 2. The van der Waals surface area contributed by atoms with Crippen LogP contribution in [-0.4, -0.2) is 55.7 Å². The van der Waals surface area contributed by atoms with Crippen molar-refractivity contribution in [3.8, 4) is 11.5 Å². The molecule has 1 aliphatic carbocycles. The summed E-state index contributed by atoms with van der Waals surface area (Å²) in [5.41, 5.74) is -0.0760. The molecule has 1 saturated carbocycles. The molecule has 1 amide bonds. The Morgan fingerprint density at radius 1 is 1.28 bits per heavy atom. The van der Waals surface area contributed by atoms with Gasteiger partial charge < -0.3 is 19.9 Å². The number of likely N-dealkylation sites (tertiary alicyclic amines) is 1. The van der Waals surface area contributed by atoms with Gasteiger partial charge in [0.25, 0.3) is 0 Å². The molecule has 1 aromatic rings. The first-order valence-corrected chi connectivity index (χ1v) is 8.45. The smallest absolute Gasteiger partial charge is 0.311 e. The molecule has 25 heavy (non-hydrogen) atoms. The van der Waals surface area contributed by atoms with Gasteiger partial charge >= 0.3 is 5.97 Å². The van der Waals surface area contributed by atoms with Crippen molar-refractivity contribution < 1.29 is 24.2 Å². The zero-order valence-corrected chi connectivity index (χ0v) is 14.6. The number of aliphatic carboxylic acids is 1. The number of methoxy groups -OCH3 is 2. The van der Waals surface area contributed by atoms with Crippen LogP contribution < -0.4 is 14.8 Å². The zero-order valence-electron chi connectivity index (χ0n) is 14.6. The van der Waals surface area contributed by atoms with E-state index < -0.39 is 11.4 Å². The number of carbonyl (C=O) groups is 2. The molecule has 0 unspecified atom stereocenters. The van der Waals surface area contributed by atoms with Gasteiger partial charge in [-0.05, 0) is 18.8 Å². The predicted molar refractivity (Wildman–Crippen MR) is 92.0 cm³/mol. The molecule has 3 rings (SSSR count). The average molecular weight is 348 g/mol. The highest BCUT2D eigenvalue weighted by molar-refractivity contribution is 5.92. The summed E-state index contributed by atoms with van der Waals surface area (Å²) in [6.07, 6.45) is 2.59. The van der Waals surface area contributed by atoms with E-state index in [1.54, 1.807) is 32.4 Å². The largest absolute Gasteiger partial charge is 0.497 e. The summed E-state index contributed by atoms with van der Waals surface area (Å²) < 4.78 is 10.4. The second-order valence-electron chi connectivity index (χ2n) is 6.87. The van der Waals surface area contributed by atoms with Crippen molar-refractivity contribution in [1.82, 2.24) is 4.90 Å². The van der Waals surface area contributed by atoms with Crippen LogP contribution in [0.2, 0.25) is 0 Å². The minimum absolute atomic E-state index is 0.148. The number of amides is 1. The van der Waals surface area contributed by atoms with Gasteiger partial charge in [0, 0.05) is 37.0 Å². The summed E-state index contributed by atoms with van der Waals surface area (Å²) in [4.78, 5) is 26.0. The first-order chi connectivity index (χ1) is 12.0. The molecule has 7 heteroatoms. The third kappa shape index (κ3) is 3.42. The molecule has 2 aliphatic rings. The highest BCUT2D eigenvalue weighted by Gasteiger charge is 2.54. The third-order valence-corrected chi connectivity index (χ3v) is 5.37. The van der Waals surface area contributed by atoms with Gasteiger partial charge in [0.05, 0.1) is 26.2 Å². The molecule has 1 aromatic carbocycles. The Morgan fingerprint density at radius 3 is 2.52 bits per heavy atom. The first-order valence-electron chi connectivity index (χ1n) is 8.45. The molecule has 1 aliphatic heterocycles. The van der Waals surface area contributed by atoms with Crippen LogP contribution in [-0.2, 0) is 9.59 Å². The second kappa shape index (κ2) is 6.92. The highest BCUT2D eigenvalue weighted by Crippen LogP contribution is 2.48. The molecule has 7 nitrogen and oxygen atoms in total. The number of carboxylic acids is 1. The van der Waals surface area contributed by atoms with Gasteiger partial charge in [-0.2, -0.15) is 0 Å². The van der Waals surface area contributed by atoms with E-state index in [1.165, 1.54) is 0 Å². The van der Waals surface area contributed by atoms with Crippen molar-refractivity contribution in [2.24, 2.45) is 11.3 Å². The Hall–Kier alpha value is -2.28. The number of carboxylic acid groups (broad SMARTS) is 1. The maximum absolute atomic E-state index is 12.4. The number of nitrogens with zero attached hydrogens (tertiary/aromatic N) is 1. The lowest BCUT2D eigenvalue weighted by atomic mass is 9.81. The van der Waals surface area contributed by atoms with Crippen molar-refractivity contribution in [3.63, 3.8) is 0 Å². The van der Waals surface area contributed by atoms with Crippen molar-refractivity contribution in [3.05, 3.63) is 18.2 Å². The predicted octanol–water partition coefficient (Wildman–Crippen LogP) is 1.83. The van der Waals surface area contributed by atoms with E-state index >= 15 is 0 Å². The lowest BCUT2D eigenvalue weighted by Gasteiger charge is -2.23. The van der Waals surface area contributed by atoms with Gasteiger partial charge in [-0.1, -0.05) is 6.42 Å². The Morgan fingerprint density at radius 2 is 1.96 bits per heavy atom. The van der Waals surface area contributed by atoms with E-state index in [2.05, 4.69) is 5.32 Å². The minimum Gasteiger partial charge on any atom is -0.497 e. The molecule has 0 radical (unpaired) electrons. The van der Waals surface area contributed by atoms with E-state index in [0.29, 0.717) is 36.7 Å². The topological polar surface area (TPSA) is 88.1 Å². The van der Waals surface area contributed by atoms with Gasteiger partial charge in [0.15, 0.2) is 0 Å². The lowest BCUT2D eigenvalue weighted by Crippen LogP contribution is -2.37. The SMILES string of the molecule is COc1cc(NC(=O)CN2C[C@@H]3CCC[C@@]3(C(=O)O)C2)cc(OC)c1. The number of rotatable bonds is 6. The lowest BCUT2D eigenvalue weighted by molar-refractivity contribution is -0.149. The molecule has 2 N–H and O–H groups in total. The van der Waals surface area contributed by atoms with E-state index in [9.17, 15) is 14.7 Å². The second-order valence-corrected chi connectivity index (χ2v) is 6.87. The van der Waals surface area contributed by atoms with Crippen LogP contribution in [0, 0.1) is 11.3 Å². The zero-order chi connectivity index (χ0) is 18.0. The van der Waals surface area contributed by atoms with Gasteiger partial charge in [0.2, 0.25) is 5.91 Å². The fourth-order valence-corrected chi connectivity index (χ4v) is 4.15. The van der Waals surface area contributed by atoms with Gasteiger partial charge in [0.1, 0.15) is 11.5 Å². The fraction of sp³-hybridized carbons (Fsp3) is 0.556. The molecule has 1 heterocycles. The Balaban J connectivity index is 1.63. The van der Waals surface area contributed by atoms with Gasteiger partial charge in [-0.25, -0.2) is 0 Å². The Kier molecular flexibility index (Phi) is 4.85. The number of hydrogen-bond acceptors (Lipinski definition) is 5. The number of fused-ring (bicyclic) bond motifs is 1. The van der Waals surface area contributed by atoms with Crippen molar-refractivity contribution in [2.75, 3.05) is 39.2 Å². The van der Waals surface area contributed by atoms with Crippen molar-refractivity contribution in [1.29, 1.82) is 0 Å². The Labute approximate surface area is 146 Å². The van der Waals surface area contributed by atoms with Gasteiger partial charge in [-0.15, -0.1) is 0 Å². The molecule has 2 fully saturated rings. The molecular formula is C18H24N2O5. The Bertz CT molecular complexity index is 655. The number of carbonyl (C=O) groups excluding carboxylic acids is 1. The summed E-state index contributed by atoms with van der Waals surface area (Å²) in [6.45, 7) is 1.30. The molecule has 136 valence electrons. The monoisotopic (exact) mass is 348 g/mol. The third-order valence-electron chi connectivity index (χ3n) is 5.37. The van der Waals surface area contributed by atoms with Crippen molar-refractivity contribution >= 4 is 17.6 Å². The van der Waals surface area contributed by atoms with Gasteiger partial charge in [-0.3, -0.25) is 14.5 Å². The summed E-state index contributed by atoms with van der Waals surface area (Å²) >= 11 is 0. The van der Waals surface area contributed by atoms with Crippen LogP contribution in [0.4, 0.5) is 5.69 Å². The van der Waals surface area contributed by atoms with Crippen LogP contribution in [0.1, 0.15) is 19.3 Å². The van der Waals surface area contributed by atoms with Crippen molar-refractivity contribution in [2.45, 2.75) is 19.3 Å². The highest BCUT2D eigenvalue weighted by atomic mass is 16.5. The van der Waals surface area contributed by atoms with E-state index in [0.717, 1.165) is 12.8 Å². The van der Waals surface area contributed by atoms with E-state index in [1.807, 2.05) is 4.90 Å². The quantitative estimate of drug-likeness (QED) is 0.815. The fourth-order valence-electron chi connectivity index (χ4n) is 4.15. The van der Waals surface area contributed by atoms with Crippen LogP contribution >= 0.6 is 0 Å². The molecule has 0 bridgehead atoms. The van der Waals surface area contributed by atoms with E-state index in [-0.39, 0.29) is 18.4 Å². The number of hydrogen-bond donors (Lipinski definition) is 2. The summed E-state index contributed by atoms with van der Waals surface area (Å²) in [5, 5.41) is 12.5. The molecule has 1 saturated heterocycles. The normalized spacial score (nSPS) is 25.4. The molecular weight excluding hydrogens is 324 g/mol. The maximum atomic E-state index is 12.4. The maximum Gasteiger partial charge on any atom is 0.311 e. The van der Waals surface area contributed by atoms with Crippen LogP contribution in [0.15, 0.2) is 18.2 Å².